The molecule has 0 radical (unpaired) electrons. The van der Waals surface area contributed by atoms with E-state index in [9.17, 15) is 0 Å². The van der Waals surface area contributed by atoms with Gasteiger partial charge in [0.25, 0.3) is 0 Å². The summed E-state index contributed by atoms with van der Waals surface area (Å²) < 4.78 is 6.13. The molecule has 0 unspecified atom stereocenters. The van der Waals surface area contributed by atoms with Crippen LogP contribution in [-0.2, 0) is 13.2 Å². The van der Waals surface area contributed by atoms with Gasteiger partial charge in [-0.1, -0.05) is 78.3 Å². The number of nitrogens with zero attached hydrogens (tertiary/aromatic N) is 1. The lowest BCUT2D eigenvalue weighted by Crippen LogP contribution is -2.06. The molecule has 0 aromatic heterocycles. The number of benzene rings is 4. The molecule has 4 heteroatoms. The Balaban J connectivity index is 1.42. The Kier molecular flexibility index (Phi) is 6.08. The first-order chi connectivity index (χ1) is 14.3. The van der Waals surface area contributed by atoms with Crippen molar-refractivity contribution >= 4 is 28.6 Å². The van der Waals surface area contributed by atoms with E-state index in [4.69, 9.17) is 16.3 Å². The largest absolute Gasteiger partial charge is 0.488 e. The maximum absolute atomic E-state index is 6.13. The molecule has 0 spiro atoms. The minimum atomic E-state index is 0.504. The van der Waals surface area contributed by atoms with Gasteiger partial charge < -0.3 is 10.2 Å². The van der Waals surface area contributed by atoms with E-state index < -0.39 is 0 Å². The number of halogens is 1. The van der Waals surface area contributed by atoms with Crippen LogP contribution < -0.4 is 10.2 Å². The SMILES string of the molecule is Clc1ccc(CN/N=C\c2ccccc2OCc2cccc3ccccc23)cc1. The summed E-state index contributed by atoms with van der Waals surface area (Å²) in [6.45, 7) is 1.14. The van der Waals surface area contributed by atoms with Crippen LogP contribution in [0.3, 0.4) is 0 Å². The summed E-state index contributed by atoms with van der Waals surface area (Å²) >= 11 is 5.91. The lowest BCUT2D eigenvalue weighted by atomic mass is 10.1. The first kappa shape index (κ1) is 19.0. The van der Waals surface area contributed by atoms with Gasteiger partial charge in [-0.3, -0.25) is 0 Å². The highest BCUT2D eigenvalue weighted by molar-refractivity contribution is 6.30. The number of hydrazone groups is 1. The molecule has 0 aliphatic carbocycles. The summed E-state index contributed by atoms with van der Waals surface area (Å²) in [5.74, 6) is 0.803. The molecule has 0 saturated heterocycles. The Hall–Kier alpha value is -3.30. The first-order valence-electron chi connectivity index (χ1n) is 9.48. The Labute approximate surface area is 175 Å². The van der Waals surface area contributed by atoms with E-state index in [-0.39, 0.29) is 0 Å². The number of rotatable bonds is 7. The monoisotopic (exact) mass is 400 g/mol. The summed E-state index contributed by atoms with van der Waals surface area (Å²) in [7, 11) is 0. The fraction of sp³-hybridized carbons (Fsp3) is 0.0800. The molecular weight excluding hydrogens is 380 g/mol. The average molecular weight is 401 g/mol. The summed E-state index contributed by atoms with van der Waals surface area (Å²) in [6.07, 6.45) is 1.79. The van der Waals surface area contributed by atoms with Gasteiger partial charge in [-0.05, 0) is 46.2 Å². The molecule has 0 saturated carbocycles. The zero-order chi connectivity index (χ0) is 19.9. The molecule has 4 rings (SSSR count). The fourth-order valence-electron chi connectivity index (χ4n) is 3.15. The van der Waals surface area contributed by atoms with Gasteiger partial charge in [0.15, 0.2) is 0 Å². The minimum absolute atomic E-state index is 0.504. The number of nitrogens with one attached hydrogen (secondary N) is 1. The normalized spacial score (nSPS) is 11.1. The second-order valence-corrected chi connectivity index (χ2v) is 7.12. The van der Waals surface area contributed by atoms with Gasteiger partial charge >= 0.3 is 0 Å². The Morgan fingerprint density at radius 3 is 2.48 bits per heavy atom. The predicted molar refractivity (Wildman–Crippen MR) is 121 cm³/mol. The zero-order valence-corrected chi connectivity index (χ0v) is 16.6. The minimum Gasteiger partial charge on any atom is -0.488 e. The van der Waals surface area contributed by atoms with Gasteiger partial charge in [-0.2, -0.15) is 5.10 Å². The molecule has 0 aliphatic rings. The number of para-hydroxylation sites is 1. The van der Waals surface area contributed by atoms with Gasteiger partial charge in [0.2, 0.25) is 0 Å². The van der Waals surface area contributed by atoms with Crippen molar-refractivity contribution in [3.63, 3.8) is 0 Å². The van der Waals surface area contributed by atoms with E-state index in [1.54, 1.807) is 6.21 Å². The topological polar surface area (TPSA) is 33.6 Å². The van der Waals surface area contributed by atoms with E-state index in [0.717, 1.165) is 27.5 Å². The average Bonchev–Trinajstić information content (AvgIpc) is 2.77. The van der Waals surface area contributed by atoms with Crippen LogP contribution in [0.25, 0.3) is 10.8 Å². The van der Waals surface area contributed by atoms with Gasteiger partial charge in [0, 0.05) is 10.6 Å². The number of fused-ring (bicyclic) bond motifs is 1. The number of hydrogen-bond acceptors (Lipinski definition) is 3. The third-order valence-corrected chi connectivity index (χ3v) is 4.93. The quantitative estimate of drug-likeness (QED) is 0.296. The molecule has 4 aromatic rings. The van der Waals surface area contributed by atoms with E-state index in [0.29, 0.717) is 13.2 Å². The van der Waals surface area contributed by atoms with Crippen LogP contribution in [0.15, 0.2) is 96.1 Å². The zero-order valence-electron chi connectivity index (χ0n) is 15.9. The van der Waals surface area contributed by atoms with E-state index in [1.807, 2.05) is 48.5 Å². The summed E-state index contributed by atoms with van der Waals surface area (Å²) in [6, 6.07) is 30.2. The van der Waals surface area contributed by atoms with Crippen LogP contribution >= 0.6 is 11.6 Å². The third kappa shape index (κ3) is 4.95. The Morgan fingerprint density at radius 2 is 1.59 bits per heavy atom. The summed E-state index contributed by atoms with van der Waals surface area (Å²) in [5.41, 5.74) is 6.27. The van der Waals surface area contributed by atoms with E-state index in [2.05, 4.69) is 53.0 Å². The highest BCUT2D eigenvalue weighted by Gasteiger charge is 2.04. The maximum atomic E-state index is 6.13. The number of ether oxygens (including phenoxy) is 1. The lowest BCUT2D eigenvalue weighted by Gasteiger charge is -2.11. The van der Waals surface area contributed by atoms with Crippen molar-refractivity contribution in [2.45, 2.75) is 13.2 Å². The van der Waals surface area contributed by atoms with Gasteiger partial charge in [-0.15, -0.1) is 0 Å². The molecule has 0 bridgehead atoms. The lowest BCUT2D eigenvalue weighted by molar-refractivity contribution is 0.307. The molecular formula is C25H21ClN2O. The molecule has 0 amide bonds. The van der Waals surface area contributed by atoms with E-state index >= 15 is 0 Å². The van der Waals surface area contributed by atoms with Crippen molar-refractivity contribution in [1.29, 1.82) is 0 Å². The van der Waals surface area contributed by atoms with Crippen LogP contribution in [0.2, 0.25) is 5.02 Å². The molecule has 0 fully saturated rings. The third-order valence-electron chi connectivity index (χ3n) is 4.67. The highest BCUT2D eigenvalue weighted by atomic mass is 35.5. The predicted octanol–water partition coefficient (Wildman–Crippen LogP) is 6.20. The molecule has 1 N–H and O–H groups in total. The van der Waals surface area contributed by atoms with Gasteiger partial charge in [0.05, 0.1) is 12.8 Å². The summed E-state index contributed by atoms with van der Waals surface area (Å²) in [5, 5.41) is 7.50. The smallest absolute Gasteiger partial charge is 0.128 e. The van der Waals surface area contributed by atoms with Crippen molar-refractivity contribution in [3.05, 3.63) is 113 Å². The standard InChI is InChI=1S/C25H21ClN2O/c26-23-14-12-19(13-15-23)16-27-28-17-21-7-2-4-11-25(21)29-18-22-9-5-8-20-6-1-3-10-24(20)22/h1-15,17,27H,16,18H2/b28-17-. The van der Waals surface area contributed by atoms with Crippen molar-refractivity contribution in [2.24, 2.45) is 5.10 Å². The number of hydrogen-bond donors (Lipinski definition) is 1. The Morgan fingerprint density at radius 1 is 0.828 bits per heavy atom. The summed E-state index contributed by atoms with van der Waals surface area (Å²) in [4.78, 5) is 0. The Bertz CT molecular complexity index is 1120. The molecule has 0 aliphatic heterocycles. The molecule has 3 nitrogen and oxygen atoms in total. The van der Waals surface area contributed by atoms with Gasteiger partial charge in [-0.25, -0.2) is 0 Å². The van der Waals surface area contributed by atoms with Gasteiger partial charge in [0.1, 0.15) is 12.4 Å². The highest BCUT2D eigenvalue weighted by Crippen LogP contribution is 2.22. The first-order valence-corrected chi connectivity index (χ1v) is 9.86. The van der Waals surface area contributed by atoms with Crippen LogP contribution in [0, 0.1) is 0 Å². The van der Waals surface area contributed by atoms with Crippen LogP contribution in [0.1, 0.15) is 16.7 Å². The second-order valence-electron chi connectivity index (χ2n) is 6.68. The van der Waals surface area contributed by atoms with Crippen LogP contribution in [0.5, 0.6) is 5.75 Å². The molecule has 29 heavy (non-hydrogen) atoms. The van der Waals surface area contributed by atoms with Crippen molar-refractivity contribution < 1.29 is 4.74 Å². The van der Waals surface area contributed by atoms with Crippen molar-refractivity contribution in [3.8, 4) is 5.75 Å². The second kappa shape index (κ2) is 9.26. The maximum Gasteiger partial charge on any atom is 0.128 e. The molecule has 144 valence electrons. The van der Waals surface area contributed by atoms with E-state index in [1.165, 1.54) is 10.8 Å². The molecule has 0 atom stereocenters. The van der Waals surface area contributed by atoms with Crippen LogP contribution in [0.4, 0.5) is 0 Å². The molecule has 4 aromatic carbocycles. The fourth-order valence-corrected chi connectivity index (χ4v) is 3.27. The van der Waals surface area contributed by atoms with Crippen LogP contribution in [-0.4, -0.2) is 6.21 Å². The van der Waals surface area contributed by atoms with Crippen molar-refractivity contribution in [1.82, 2.24) is 5.43 Å². The molecule has 0 heterocycles. The van der Waals surface area contributed by atoms with Crippen molar-refractivity contribution in [2.75, 3.05) is 0 Å².